The number of amides is 2. The zero-order valence-corrected chi connectivity index (χ0v) is 18.6. The molecule has 1 atom stereocenters. The molecule has 0 radical (unpaired) electrons. The molecule has 2 aromatic rings. The van der Waals surface area contributed by atoms with Gasteiger partial charge in [-0.05, 0) is 35.6 Å². The molecule has 5 nitrogen and oxygen atoms in total. The number of ether oxygens (including phenoxy) is 1. The monoisotopic (exact) mass is 410 g/mol. The Morgan fingerprint density at radius 2 is 1.67 bits per heavy atom. The Balaban J connectivity index is 2.27. The molecule has 1 N–H and O–H groups in total. The van der Waals surface area contributed by atoms with Gasteiger partial charge in [-0.25, -0.2) is 0 Å². The van der Waals surface area contributed by atoms with Crippen LogP contribution in [0.4, 0.5) is 0 Å². The normalized spacial score (nSPS) is 11.8. The Bertz CT molecular complexity index is 788. The van der Waals surface area contributed by atoms with Crippen molar-refractivity contribution < 1.29 is 14.3 Å². The quantitative estimate of drug-likeness (QED) is 0.604. The van der Waals surface area contributed by atoms with Crippen molar-refractivity contribution in [3.8, 4) is 5.75 Å². The Morgan fingerprint density at radius 3 is 2.23 bits per heavy atom. The van der Waals surface area contributed by atoms with E-state index in [2.05, 4.69) is 19.2 Å². The average molecular weight is 411 g/mol. The summed E-state index contributed by atoms with van der Waals surface area (Å²) in [5, 5.41) is 3.04. The number of nitrogens with zero attached hydrogens (tertiary/aromatic N) is 1. The number of carbonyl (C=O) groups is 2. The van der Waals surface area contributed by atoms with Crippen molar-refractivity contribution in [2.24, 2.45) is 5.92 Å². The lowest BCUT2D eigenvalue weighted by Gasteiger charge is -2.31. The molecule has 2 amide bonds. The molecule has 5 heteroatoms. The molecule has 0 bridgehead atoms. The summed E-state index contributed by atoms with van der Waals surface area (Å²) >= 11 is 0. The van der Waals surface area contributed by atoms with Crippen LogP contribution in [-0.4, -0.2) is 36.4 Å². The number of methoxy groups -OCH3 is 1. The number of rotatable bonds is 11. The minimum Gasteiger partial charge on any atom is -0.497 e. The van der Waals surface area contributed by atoms with Gasteiger partial charge < -0.3 is 15.0 Å². The number of nitrogens with one attached hydrogen (secondary N) is 1. The highest BCUT2D eigenvalue weighted by molar-refractivity contribution is 5.87. The fourth-order valence-electron chi connectivity index (χ4n) is 3.29. The highest BCUT2D eigenvalue weighted by Gasteiger charge is 2.29. The zero-order valence-electron chi connectivity index (χ0n) is 18.6. The summed E-state index contributed by atoms with van der Waals surface area (Å²) in [4.78, 5) is 27.7. The van der Waals surface area contributed by atoms with Gasteiger partial charge in [-0.3, -0.25) is 9.59 Å². The highest BCUT2D eigenvalue weighted by Crippen LogP contribution is 2.18. The van der Waals surface area contributed by atoms with Gasteiger partial charge in [0.05, 0.1) is 7.11 Å². The van der Waals surface area contributed by atoms with Crippen LogP contribution in [0.3, 0.4) is 0 Å². The second kappa shape index (κ2) is 12.0. The van der Waals surface area contributed by atoms with E-state index in [1.165, 1.54) is 0 Å². The van der Waals surface area contributed by atoms with Gasteiger partial charge in [-0.1, -0.05) is 63.2 Å². The van der Waals surface area contributed by atoms with Crippen LogP contribution in [0, 0.1) is 5.92 Å². The third-order valence-electron chi connectivity index (χ3n) is 5.11. The van der Waals surface area contributed by atoms with Crippen molar-refractivity contribution >= 4 is 11.8 Å². The average Bonchev–Trinajstić information content (AvgIpc) is 2.76. The second-order valence-electron chi connectivity index (χ2n) is 7.90. The van der Waals surface area contributed by atoms with Crippen molar-refractivity contribution in [3.63, 3.8) is 0 Å². The zero-order chi connectivity index (χ0) is 21.9. The van der Waals surface area contributed by atoms with Crippen molar-refractivity contribution in [3.05, 3.63) is 65.7 Å². The van der Waals surface area contributed by atoms with E-state index in [-0.39, 0.29) is 11.8 Å². The second-order valence-corrected chi connectivity index (χ2v) is 7.90. The van der Waals surface area contributed by atoms with Crippen LogP contribution in [0.1, 0.15) is 44.7 Å². The molecule has 0 heterocycles. The summed E-state index contributed by atoms with van der Waals surface area (Å²) in [5.74, 6) is 1.13. The van der Waals surface area contributed by atoms with Crippen LogP contribution in [0.15, 0.2) is 54.6 Å². The maximum absolute atomic E-state index is 13.2. The summed E-state index contributed by atoms with van der Waals surface area (Å²) in [6, 6.07) is 16.9. The summed E-state index contributed by atoms with van der Waals surface area (Å²) in [6.07, 6.45) is 1.74. The smallest absolute Gasteiger partial charge is 0.243 e. The molecule has 0 saturated carbocycles. The maximum atomic E-state index is 13.2. The van der Waals surface area contributed by atoms with Crippen molar-refractivity contribution in [1.29, 1.82) is 0 Å². The number of hydrogen-bond donors (Lipinski definition) is 1. The van der Waals surface area contributed by atoms with Crippen LogP contribution in [0.2, 0.25) is 0 Å². The van der Waals surface area contributed by atoms with Gasteiger partial charge in [-0.2, -0.15) is 0 Å². The van der Waals surface area contributed by atoms with Crippen molar-refractivity contribution in [2.45, 2.75) is 52.6 Å². The summed E-state index contributed by atoms with van der Waals surface area (Å²) < 4.78 is 5.23. The fraction of sp³-hybridized carbons (Fsp3) is 0.440. The lowest BCUT2D eigenvalue weighted by atomic mass is 10.0. The molecule has 30 heavy (non-hydrogen) atoms. The first-order valence-electron chi connectivity index (χ1n) is 10.7. The van der Waals surface area contributed by atoms with Gasteiger partial charge in [0.1, 0.15) is 11.8 Å². The molecule has 2 rings (SSSR count). The molecule has 0 fully saturated rings. The van der Waals surface area contributed by atoms with Crippen LogP contribution in [-0.2, 0) is 22.6 Å². The van der Waals surface area contributed by atoms with Crippen molar-refractivity contribution in [2.75, 3.05) is 13.7 Å². The van der Waals surface area contributed by atoms with Crippen LogP contribution in [0.25, 0.3) is 0 Å². The molecule has 0 saturated heterocycles. The summed E-state index contributed by atoms with van der Waals surface area (Å²) in [5.41, 5.74) is 2.00. The molecule has 2 aromatic carbocycles. The van der Waals surface area contributed by atoms with E-state index in [4.69, 9.17) is 4.74 Å². The summed E-state index contributed by atoms with van der Waals surface area (Å²) in [6.45, 7) is 7.08. The van der Waals surface area contributed by atoms with Gasteiger partial charge in [0.2, 0.25) is 11.8 Å². The predicted octanol–water partition coefficient (Wildman–Crippen LogP) is 4.21. The van der Waals surface area contributed by atoms with Gasteiger partial charge in [0.15, 0.2) is 0 Å². The van der Waals surface area contributed by atoms with E-state index >= 15 is 0 Å². The Hall–Kier alpha value is -2.82. The molecule has 0 aromatic heterocycles. The third-order valence-corrected chi connectivity index (χ3v) is 5.11. The van der Waals surface area contributed by atoms with Gasteiger partial charge in [0, 0.05) is 25.9 Å². The molecule has 1 unspecified atom stereocenters. The standard InChI is InChI=1S/C25H34N2O3/c1-5-24(28)27(18-21-11-13-22(30-4)14-12-21)23(17-20-9-7-6-8-10-20)25(29)26-16-15-19(2)3/h6-14,19,23H,5,15-18H2,1-4H3,(H,26,29). The van der Waals surface area contributed by atoms with Gasteiger partial charge in [-0.15, -0.1) is 0 Å². The van der Waals surface area contributed by atoms with Gasteiger partial charge >= 0.3 is 0 Å². The highest BCUT2D eigenvalue weighted by atomic mass is 16.5. The Kier molecular flexibility index (Phi) is 9.39. The molecule has 0 aliphatic heterocycles. The SMILES string of the molecule is CCC(=O)N(Cc1ccc(OC)cc1)C(Cc1ccccc1)C(=O)NCCC(C)C. The minimum atomic E-state index is -0.561. The maximum Gasteiger partial charge on any atom is 0.243 e. The van der Waals surface area contributed by atoms with E-state index in [1.807, 2.05) is 61.5 Å². The van der Waals surface area contributed by atoms with E-state index in [0.29, 0.717) is 31.8 Å². The van der Waals surface area contributed by atoms with E-state index in [1.54, 1.807) is 12.0 Å². The first-order chi connectivity index (χ1) is 14.4. The minimum absolute atomic E-state index is 0.0363. The number of benzene rings is 2. The topological polar surface area (TPSA) is 58.6 Å². The largest absolute Gasteiger partial charge is 0.497 e. The van der Waals surface area contributed by atoms with E-state index in [0.717, 1.165) is 23.3 Å². The van der Waals surface area contributed by atoms with Crippen LogP contribution in [0.5, 0.6) is 5.75 Å². The lowest BCUT2D eigenvalue weighted by Crippen LogP contribution is -2.50. The van der Waals surface area contributed by atoms with Crippen LogP contribution < -0.4 is 10.1 Å². The molecular weight excluding hydrogens is 376 g/mol. The molecule has 162 valence electrons. The van der Waals surface area contributed by atoms with Gasteiger partial charge in [0.25, 0.3) is 0 Å². The Morgan fingerprint density at radius 1 is 1.00 bits per heavy atom. The van der Waals surface area contributed by atoms with Crippen LogP contribution >= 0.6 is 0 Å². The first kappa shape index (κ1) is 23.5. The fourth-order valence-corrected chi connectivity index (χ4v) is 3.29. The lowest BCUT2D eigenvalue weighted by molar-refractivity contribution is -0.141. The van der Waals surface area contributed by atoms with E-state index in [9.17, 15) is 9.59 Å². The molecular formula is C25H34N2O3. The van der Waals surface area contributed by atoms with E-state index < -0.39 is 6.04 Å². The first-order valence-corrected chi connectivity index (χ1v) is 10.7. The van der Waals surface area contributed by atoms with Crippen molar-refractivity contribution in [1.82, 2.24) is 10.2 Å². The molecule has 0 spiro atoms. The molecule has 0 aliphatic carbocycles. The Labute approximate surface area is 180 Å². The number of hydrogen-bond acceptors (Lipinski definition) is 3. The third kappa shape index (κ3) is 7.21. The number of carbonyl (C=O) groups excluding carboxylic acids is 2. The molecule has 0 aliphatic rings. The predicted molar refractivity (Wildman–Crippen MR) is 120 cm³/mol. The summed E-state index contributed by atoms with van der Waals surface area (Å²) in [7, 11) is 1.62.